The molecule has 0 aromatic carbocycles. The molecule has 0 heterocycles. The van der Waals surface area contributed by atoms with Crippen molar-refractivity contribution in [2.45, 2.75) is 45.5 Å². The molecule has 0 aliphatic heterocycles. The molecule has 0 aromatic heterocycles. The molecule has 0 aromatic rings. The Kier molecular flexibility index (Phi) is 5.07. The van der Waals surface area contributed by atoms with Gasteiger partial charge in [0.1, 0.15) is 6.04 Å². The Bertz CT molecular complexity index is 216. The maximum Gasteiger partial charge on any atom is 0.404 e. The third-order valence-corrected chi connectivity index (χ3v) is 1.91. The molecule has 0 unspecified atom stereocenters. The number of alkyl halides is 3. The minimum atomic E-state index is -4.57. The maximum atomic E-state index is 12.3. The Balaban J connectivity index is 4.55. The monoisotopic (exact) mass is 227 g/mol. The number of nitrogens with two attached hydrogens (primary N) is 1. The average Bonchev–Trinajstić information content (AvgIpc) is 2.01. The van der Waals surface area contributed by atoms with Crippen molar-refractivity contribution in [3.8, 4) is 0 Å². The number of carbonyl (C=O) groups is 1. The third-order valence-electron chi connectivity index (χ3n) is 1.91. The first kappa shape index (κ1) is 14.2. The topological polar surface area (TPSA) is 52.3 Å². The molecule has 0 fully saturated rings. The molecule has 0 bridgehead atoms. The zero-order chi connectivity index (χ0) is 12.2. The fraction of sp³-hybridized carbons (Fsp3) is 0.889. The van der Waals surface area contributed by atoms with Crippen LogP contribution in [-0.2, 0) is 9.53 Å². The van der Waals surface area contributed by atoms with Gasteiger partial charge >= 0.3 is 12.1 Å². The van der Waals surface area contributed by atoms with Crippen LogP contribution in [0.3, 0.4) is 0 Å². The van der Waals surface area contributed by atoms with Crippen LogP contribution >= 0.6 is 0 Å². The van der Waals surface area contributed by atoms with Crippen molar-refractivity contribution < 1.29 is 22.7 Å². The van der Waals surface area contributed by atoms with Gasteiger partial charge in [-0.05, 0) is 20.3 Å². The number of carbonyl (C=O) groups excluding carboxylic acids is 1. The van der Waals surface area contributed by atoms with E-state index in [9.17, 15) is 18.0 Å². The molecule has 0 rings (SSSR count). The second-order valence-corrected chi connectivity index (χ2v) is 3.57. The van der Waals surface area contributed by atoms with E-state index in [0.29, 0.717) is 0 Å². The molecule has 15 heavy (non-hydrogen) atoms. The maximum absolute atomic E-state index is 12.3. The van der Waals surface area contributed by atoms with Gasteiger partial charge < -0.3 is 10.5 Å². The molecule has 0 spiro atoms. The highest BCUT2D eigenvalue weighted by Crippen LogP contribution is 2.26. The van der Waals surface area contributed by atoms with Crippen LogP contribution in [0.1, 0.15) is 27.2 Å². The summed E-state index contributed by atoms with van der Waals surface area (Å²) < 4.78 is 41.5. The standard InChI is InChI=1S/C9H16F3NO2/c1-4-6(7(13)9(10,11)12)8(14)15-5(2)3/h5-7H,4,13H2,1-3H3/t6-,7-/m0/s1. The molecule has 0 aliphatic rings. The van der Waals surface area contributed by atoms with E-state index < -0.39 is 30.2 Å². The van der Waals surface area contributed by atoms with E-state index in [-0.39, 0.29) is 6.42 Å². The number of halogens is 3. The van der Waals surface area contributed by atoms with E-state index in [2.05, 4.69) is 0 Å². The Labute approximate surface area is 86.8 Å². The molecule has 6 heteroatoms. The van der Waals surface area contributed by atoms with Crippen LogP contribution in [0.5, 0.6) is 0 Å². The van der Waals surface area contributed by atoms with Crippen molar-refractivity contribution in [2.75, 3.05) is 0 Å². The Morgan fingerprint density at radius 1 is 1.40 bits per heavy atom. The molecule has 2 N–H and O–H groups in total. The molecule has 0 radical (unpaired) electrons. The van der Waals surface area contributed by atoms with Crippen molar-refractivity contribution >= 4 is 5.97 Å². The highest BCUT2D eigenvalue weighted by Gasteiger charge is 2.44. The summed E-state index contributed by atoms with van der Waals surface area (Å²) in [5, 5.41) is 0. The Morgan fingerprint density at radius 2 is 1.87 bits per heavy atom. The quantitative estimate of drug-likeness (QED) is 0.746. The number of rotatable bonds is 4. The lowest BCUT2D eigenvalue weighted by Crippen LogP contribution is -2.47. The lowest BCUT2D eigenvalue weighted by atomic mass is 9.97. The van der Waals surface area contributed by atoms with Gasteiger partial charge in [0.05, 0.1) is 12.0 Å². The third kappa shape index (κ3) is 4.51. The molecule has 3 nitrogen and oxygen atoms in total. The van der Waals surface area contributed by atoms with Crippen LogP contribution in [0.2, 0.25) is 0 Å². The summed E-state index contributed by atoms with van der Waals surface area (Å²) in [6.45, 7) is 4.62. The molecule has 0 saturated heterocycles. The summed E-state index contributed by atoms with van der Waals surface area (Å²) in [4.78, 5) is 11.3. The first-order valence-corrected chi connectivity index (χ1v) is 4.72. The zero-order valence-electron chi connectivity index (χ0n) is 8.97. The van der Waals surface area contributed by atoms with Gasteiger partial charge in [0, 0.05) is 0 Å². The first-order valence-electron chi connectivity index (χ1n) is 4.72. The summed E-state index contributed by atoms with van der Waals surface area (Å²) in [5.41, 5.74) is 4.96. The van der Waals surface area contributed by atoms with Crippen LogP contribution < -0.4 is 5.73 Å². The highest BCUT2D eigenvalue weighted by atomic mass is 19.4. The normalized spacial score (nSPS) is 16.3. The van der Waals surface area contributed by atoms with Crippen molar-refractivity contribution in [3.05, 3.63) is 0 Å². The van der Waals surface area contributed by atoms with E-state index in [1.54, 1.807) is 13.8 Å². The van der Waals surface area contributed by atoms with Crippen LogP contribution in [-0.4, -0.2) is 24.3 Å². The SMILES string of the molecule is CC[C@H](C(=O)OC(C)C)[C@H](N)C(F)(F)F. The smallest absolute Gasteiger partial charge is 0.404 e. The predicted molar refractivity (Wildman–Crippen MR) is 49.0 cm³/mol. The summed E-state index contributed by atoms with van der Waals surface area (Å²) in [6.07, 6.45) is -5.00. The van der Waals surface area contributed by atoms with Crippen molar-refractivity contribution in [1.29, 1.82) is 0 Å². The molecular weight excluding hydrogens is 211 g/mol. The van der Waals surface area contributed by atoms with Crippen molar-refractivity contribution in [2.24, 2.45) is 11.7 Å². The van der Waals surface area contributed by atoms with Crippen LogP contribution in [0.4, 0.5) is 13.2 Å². The predicted octanol–water partition coefficient (Wildman–Crippen LogP) is 1.85. The van der Waals surface area contributed by atoms with Gasteiger partial charge in [0.25, 0.3) is 0 Å². The minimum Gasteiger partial charge on any atom is -0.463 e. The molecule has 2 atom stereocenters. The van der Waals surface area contributed by atoms with E-state index >= 15 is 0 Å². The highest BCUT2D eigenvalue weighted by molar-refractivity contribution is 5.73. The largest absolute Gasteiger partial charge is 0.463 e. The molecule has 90 valence electrons. The van der Waals surface area contributed by atoms with Gasteiger partial charge in [-0.1, -0.05) is 6.92 Å². The van der Waals surface area contributed by atoms with Gasteiger partial charge in [-0.15, -0.1) is 0 Å². The zero-order valence-corrected chi connectivity index (χ0v) is 8.97. The van der Waals surface area contributed by atoms with Crippen molar-refractivity contribution in [3.63, 3.8) is 0 Å². The Morgan fingerprint density at radius 3 is 2.13 bits per heavy atom. The van der Waals surface area contributed by atoms with Gasteiger partial charge in [0.2, 0.25) is 0 Å². The summed E-state index contributed by atoms with van der Waals surface area (Å²) in [6, 6.07) is -2.16. The van der Waals surface area contributed by atoms with Gasteiger partial charge in [-0.2, -0.15) is 13.2 Å². The van der Waals surface area contributed by atoms with E-state index in [1.165, 1.54) is 6.92 Å². The Hall–Kier alpha value is -0.780. The molecule has 0 aliphatic carbocycles. The summed E-state index contributed by atoms with van der Waals surface area (Å²) in [5.74, 6) is -2.22. The van der Waals surface area contributed by atoms with Crippen LogP contribution in [0.25, 0.3) is 0 Å². The second-order valence-electron chi connectivity index (χ2n) is 3.57. The number of hydrogen-bond donors (Lipinski definition) is 1. The van der Waals surface area contributed by atoms with Gasteiger partial charge in [0.15, 0.2) is 0 Å². The fourth-order valence-electron chi connectivity index (χ4n) is 1.12. The second kappa shape index (κ2) is 5.34. The number of hydrogen-bond acceptors (Lipinski definition) is 3. The average molecular weight is 227 g/mol. The van der Waals surface area contributed by atoms with Crippen LogP contribution in [0, 0.1) is 5.92 Å². The molecular formula is C9H16F3NO2. The first-order chi connectivity index (χ1) is 6.70. The lowest BCUT2D eigenvalue weighted by molar-refractivity contribution is -0.178. The van der Waals surface area contributed by atoms with E-state index in [0.717, 1.165) is 0 Å². The van der Waals surface area contributed by atoms with Gasteiger partial charge in [-0.3, -0.25) is 4.79 Å². The molecule has 0 amide bonds. The van der Waals surface area contributed by atoms with E-state index in [4.69, 9.17) is 10.5 Å². The summed E-state index contributed by atoms with van der Waals surface area (Å²) >= 11 is 0. The summed E-state index contributed by atoms with van der Waals surface area (Å²) in [7, 11) is 0. The van der Waals surface area contributed by atoms with Crippen LogP contribution in [0.15, 0.2) is 0 Å². The number of esters is 1. The minimum absolute atomic E-state index is 0.00618. The number of ether oxygens (including phenoxy) is 1. The lowest BCUT2D eigenvalue weighted by Gasteiger charge is -2.24. The van der Waals surface area contributed by atoms with Gasteiger partial charge in [-0.25, -0.2) is 0 Å². The fourth-order valence-corrected chi connectivity index (χ4v) is 1.12. The molecule has 0 saturated carbocycles. The van der Waals surface area contributed by atoms with E-state index in [1.807, 2.05) is 0 Å². The van der Waals surface area contributed by atoms with Crippen molar-refractivity contribution in [1.82, 2.24) is 0 Å².